The van der Waals surface area contributed by atoms with E-state index in [2.05, 4.69) is 51.4 Å². The van der Waals surface area contributed by atoms with E-state index in [4.69, 9.17) is 5.21 Å². The van der Waals surface area contributed by atoms with Crippen molar-refractivity contribution in [2.24, 2.45) is 0 Å². The topological polar surface area (TPSA) is 101 Å². The van der Waals surface area contributed by atoms with E-state index in [1.807, 2.05) is 18.2 Å². The number of benzene rings is 2. The van der Waals surface area contributed by atoms with Gasteiger partial charge in [-0.1, -0.05) is 36.4 Å². The average Bonchev–Trinajstić information content (AvgIpc) is 3.63. The minimum atomic E-state index is -0.548. The summed E-state index contributed by atoms with van der Waals surface area (Å²) in [5, 5.41) is 9.97. The van der Waals surface area contributed by atoms with Gasteiger partial charge >= 0.3 is 0 Å². The predicted molar refractivity (Wildman–Crippen MR) is 140 cm³/mol. The molecular formula is C29H30N4O3. The molecule has 5 rings (SSSR count). The van der Waals surface area contributed by atoms with E-state index < -0.39 is 5.91 Å². The number of H-pyrrole nitrogens is 2. The number of amides is 1. The van der Waals surface area contributed by atoms with Gasteiger partial charge in [-0.15, -0.1) is 0 Å². The zero-order valence-electron chi connectivity index (χ0n) is 20.3. The van der Waals surface area contributed by atoms with E-state index in [1.54, 1.807) is 24.7 Å². The van der Waals surface area contributed by atoms with E-state index in [0.717, 1.165) is 49.1 Å². The lowest BCUT2D eigenvalue weighted by Gasteiger charge is -2.29. The first kappa shape index (κ1) is 23.8. The molecule has 0 saturated heterocycles. The van der Waals surface area contributed by atoms with Gasteiger partial charge in [0.25, 0.3) is 5.91 Å². The Morgan fingerprint density at radius 2 is 2.00 bits per heavy atom. The fourth-order valence-electron chi connectivity index (χ4n) is 5.21. The molecule has 184 valence electrons. The molecule has 2 heterocycles. The number of Topliss-reactive ketones (excluding diaryl/α,β-unsaturated/α-hetero) is 1. The van der Waals surface area contributed by atoms with Crippen LogP contribution in [0.5, 0.6) is 0 Å². The average molecular weight is 483 g/mol. The van der Waals surface area contributed by atoms with Crippen LogP contribution in [0.1, 0.15) is 57.7 Å². The van der Waals surface area contributed by atoms with Gasteiger partial charge in [0.1, 0.15) is 0 Å². The smallest absolute Gasteiger partial charge is 0.267 e. The van der Waals surface area contributed by atoms with E-state index in [9.17, 15) is 9.59 Å². The Hall–Kier alpha value is -3.94. The lowest BCUT2D eigenvalue weighted by atomic mass is 10.0. The third kappa shape index (κ3) is 5.03. The maximum atomic E-state index is 11.8. The van der Waals surface area contributed by atoms with Crippen LogP contribution in [0.15, 0.2) is 67.0 Å². The van der Waals surface area contributed by atoms with Crippen molar-refractivity contribution in [3.05, 3.63) is 101 Å². The Balaban J connectivity index is 1.40. The summed E-state index contributed by atoms with van der Waals surface area (Å²) in [6, 6.07) is 16.9. The second kappa shape index (κ2) is 10.4. The summed E-state index contributed by atoms with van der Waals surface area (Å²) in [6.07, 6.45) is 9.80. The van der Waals surface area contributed by atoms with Crippen molar-refractivity contribution in [1.29, 1.82) is 0 Å². The Kier molecular flexibility index (Phi) is 6.84. The molecule has 0 bridgehead atoms. The molecule has 0 fully saturated rings. The number of aryl methyl sites for hydroxylation is 1. The highest BCUT2D eigenvalue weighted by Crippen LogP contribution is 2.37. The Bertz CT molecular complexity index is 1430. The molecule has 1 aliphatic rings. The molecule has 0 radical (unpaired) electrons. The standard InChI is InChI=1S/C29H30N4O3/c1-19(34)23-15-24(30-17-23)18-33(13-12-22-16-31-27-5-3-2-4-25(22)27)28-10-8-21-14-20(6-9-26(21)28)7-11-29(35)32-36/h2-7,9,11,14-17,28,30-31,36H,8,10,12-13,18H2,1H3,(H,32,35)/b11-7+. The van der Waals surface area contributed by atoms with E-state index >= 15 is 0 Å². The van der Waals surface area contributed by atoms with Crippen LogP contribution in [-0.2, 0) is 24.2 Å². The molecule has 0 aliphatic heterocycles. The van der Waals surface area contributed by atoms with Crippen molar-refractivity contribution in [1.82, 2.24) is 20.3 Å². The number of hydrogen-bond acceptors (Lipinski definition) is 4. The minimum absolute atomic E-state index is 0.0597. The number of aromatic amines is 2. The second-order valence-electron chi connectivity index (χ2n) is 9.37. The van der Waals surface area contributed by atoms with Gasteiger partial charge in [-0.2, -0.15) is 0 Å². The Morgan fingerprint density at radius 3 is 2.81 bits per heavy atom. The number of hydroxylamine groups is 1. The first-order valence-corrected chi connectivity index (χ1v) is 12.2. The molecule has 1 unspecified atom stereocenters. The number of fused-ring (bicyclic) bond motifs is 2. The molecular weight excluding hydrogens is 452 g/mol. The highest BCUT2D eigenvalue weighted by atomic mass is 16.5. The molecule has 7 heteroatoms. The maximum Gasteiger partial charge on any atom is 0.267 e. The van der Waals surface area contributed by atoms with Gasteiger partial charge in [0.15, 0.2) is 5.78 Å². The van der Waals surface area contributed by atoms with Crippen LogP contribution in [0.4, 0.5) is 0 Å². The number of carbonyl (C=O) groups is 2. The number of carbonyl (C=O) groups excluding carboxylic acids is 2. The lowest BCUT2D eigenvalue weighted by Crippen LogP contribution is -2.29. The van der Waals surface area contributed by atoms with Gasteiger partial charge in [-0.05, 0) is 66.6 Å². The van der Waals surface area contributed by atoms with Crippen LogP contribution in [0, 0.1) is 0 Å². The molecule has 1 amide bonds. The molecule has 0 spiro atoms. The van der Waals surface area contributed by atoms with E-state index in [-0.39, 0.29) is 11.8 Å². The second-order valence-corrected chi connectivity index (χ2v) is 9.37. The van der Waals surface area contributed by atoms with Crippen LogP contribution in [-0.4, -0.2) is 38.3 Å². The fourth-order valence-corrected chi connectivity index (χ4v) is 5.21. The summed E-state index contributed by atoms with van der Waals surface area (Å²) in [5.74, 6) is -0.489. The molecule has 7 nitrogen and oxygen atoms in total. The number of rotatable bonds is 9. The maximum absolute atomic E-state index is 11.8. The summed E-state index contributed by atoms with van der Waals surface area (Å²) < 4.78 is 0. The van der Waals surface area contributed by atoms with Gasteiger partial charge in [0.05, 0.1) is 0 Å². The summed E-state index contributed by atoms with van der Waals surface area (Å²) in [6.45, 7) is 3.18. The number of nitrogens with zero attached hydrogens (tertiary/aromatic N) is 1. The van der Waals surface area contributed by atoms with Crippen LogP contribution >= 0.6 is 0 Å². The fraction of sp³-hybridized carbons (Fsp3) is 0.241. The van der Waals surface area contributed by atoms with E-state index in [0.29, 0.717) is 5.56 Å². The van der Waals surface area contributed by atoms with Gasteiger partial charge in [-0.25, -0.2) is 5.48 Å². The molecule has 4 N–H and O–H groups in total. The largest absolute Gasteiger partial charge is 0.363 e. The van der Waals surface area contributed by atoms with Crippen molar-refractivity contribution in [2.75, 3.05) is 6.54 Å². The van der Waals surface area contributed by atoms with Gasteiger partial charge in [0, 0.05) is 59.8 Å². The normalized spacial score (nSPS) is 15.1. The molecule has 36 heavy (non-hydrogen) atoms. The zero-order chi connectivity index (χ0) is 25.1. The third-order valence-electron chi connectivity index (χ3n) is 7.06. The van der Waals surface area contributed by atoms with Gasteiger partial charge in [0.2, 0.25) is 0 Å². The zero-order valence-corrected chi connectivity index (χ0v) is 20.3. The highest BCUT2D eigenvalue weighted by Gasteiger charge is 2.28. The Labute approximate surface area is 209 Å². The molecule has 1 atom stereocenters. The number of para-hydroxylation sites is 1. The van der Waals surface area contributed by atoms with Crippen molar-refractivity contribution in [3.63, 3.8) is 0 Å². The monoisotopic (exact) mass is 482 g/mol. The Morgan fingerprint density at radius 1 is 1.14 bits per heavy atom. The highest BCUT2D eigenvalue weighted by molar-refractivity contribution is 5.94. The molecule has 4 aromatic rings. The number of nitrogens with one attached hydrogen (secondary N) is 3. The summed E-state index contributed by atoms with van der Waals surface area (Å²) >= 11 is 0. The number of ketones is 1. The van der Waals surface area contributed by atoms with Crippen molar-refractivity contribution in [3.8, 4) is 0 Å². The predicted octanol–water partition coefficient (Wildman–Crippen LogP) is 4.95. The van der Waals surface area contributed by atoms with Crippen LogP contribution in [0.25, 0.3) is 17.0 Å². The van der Waals surface area contributed by atoms with Crippen molar-refractivity contribution < 1.29 is 14.8 Å². The third-order valence-corrected chi connectivity index (χ3v) is 7.06. The quantitative estimate of drug-likeness (QED) is 0.117. The van der Waals surface area contributed by atoms with Gasteiger partial charge < -0.3 is 9.97 Å². The number of aromatic nitrogens is 2. The lowest BCUT2D eigenvalue weighted by molar-refractivity contribution is -0.124. The van der Waals surface area contributed by atoms with Crippen molar-refractivity contribution in [2.45, 2.75) is 38.8 Å². The first-order valence-electron chi connectivity index (χ1n) is 12.2. The summed E-state index contributed by atoms with van der Waals surface area (Å²) in [4.78, 5) is 32.4. The van der Waals surface area contributed by atoms with Crippen molar-refractivity contribution >= 4 is 28.7 Å². The SMILES string of the molecule is CC(=O)c1c[nH]c(CN(CCc2c[nH]c3ccccc23)C2CCc3cc(/C=C/C(=O)NO)ccc32)c1. The van der Waals surface area contributed by atoms with Crippen LogP contribution in [0.2, 0.25) is 0 Å². The first-order chi connectivity index (χ1) is 17.5. The van der Waals surface area contributed by atoms with E-state index in [1.165, 1.54) is 28.2 Å². The molecule has 2 aromatic carbocycles. The molecule has 0 saturated carbocycles. The molecule has 2 aromatic heterocycles. The summed E-state index contributed by atoms with van der Waals surface area (Å²) in [5.41, 5.74) is 9.31. The number of hydrogen-bond donors (Lipinski definition) is 4. The van der Waals surface area contributed by atoms with Crippen LogP contribution < -0.4 is 5.48 Å². The minimum Gasteiger partial charge on any atom is -0.363 e. The van der Waals surface area contributed by atoms with Gasteiger partial charge in [-0.3, -0.25) is 19.7 Å². The summed E-state index contributed by atoms with van der Waals surface area (Å²) in [7, 11) is 0. The molecule has 1 aliphatic carbocycles. The van der Waals surface area contributed by atoms with Crippen LogP contribution in [0.3, 0.4) is 0 Å².